The smallest absolute Gasteiger partial charge is 0.323 e. The molecule has 0 aromatic carbocycles. The van der Waals surface area contributed by atoms with Crippen LogP contribution in [0.1, 0.15) is 19.3 Å². The average Bonchev–Trinajstić information content (AvgIpc) is 2.05. The minimum absolute atomic E-state index is 0.0936. The zero-order valence-electron chi connectivity index (χ0n) is 6.19. The highest BCUT2D eigenvalue weighted by Crippen LogP contribution is 2.15. The second kappa shape index (κ2) is 4.32. The Morgan fingerprint density at radius 1 is 1.33 bits per heavy atom. The zero-order chi connectivity index (χ0) is 8.97. The third-order valence-corrected chi connectivity index (χ3v) is 1.85. The molecule has 1 rings (SSSR count). The number of rotatable bonds is 0. The van der Waals surface area contributed by atoms with Gasteiger partial charge in [0.1, 0.15) is 0 Å². The van der Waals surface area contributed by atoms with Gasteiger partial charge in [0.15, 0.2) is 0 Å². The molecule has 1 fully saturated rings. The second-order valence-electron chi connectivity index (χ2n) is 2.38. The van der Waals surface area contributed by atoms with Gasteiger partial charge in [-0.2, -0.15) is 0 Å². The molecular weight excluding hydrogens is 184 g/mol. The summed E-state index contributed by atoms with van der Waals surface area (Å²) < 4.78 is 8.78. The number of aliphatic hydroxyl groups excluding tert-OH is 1. The molecule has 5 nitrogen and oxygen atoms in total. The first-order valence-corrected chi connectivity index (χ1v) is 4.10. The van der Waals surface area contributed by atoms with Crippen molar-refractivity contribution in [3.8, 4) is 0 Å². The molecule has 1 atom stereocenters. The predicted molar refractivity (Wildman–Crippen MR) is 39.6 cm³/mol. The molecule has 12 heavy (non-hydrogen) atoms. The molecule has 6 heteroatoms. The third kappa shape index (κ3) is 3.10. The van der Waals surface area contributed by atoms with Crippen molar-refractivity contribution in [2.24, 2.45) is 0 Å². The van der Waals surface area contributed by atoms with Crippen molar-refractivity contribution in [1.29, 1.82) is 0 Å². The Balaban J connectivity index is 2.46. The Kier molecular flexibility index (Phi) is 3.36. The van der Waals surface area contributed by atoms with E-state index in [0.29, 0.717) is 12.3 Å². The lowest BCUT2D eigenvalue weighted by molar-refractivity contribution is -0.135. The third-order valence-electron chi connectivity index (χ3n) is 1.34. The quantitative estimate of drug-likeness (QED) is 0.552. The Morgan fingerprint density at radius 3 is 2.75 bits per heavy atom. The van der Waals surface area contributed by atoms with Gasteiger partial charge in [-0.3, -0.25) is 9.59 Å². The monoisotopic (exact) mass is 192 g/mol. The van der Waals surface area contributed by atoms with Crippen molar-refractivity contribution >= 4 is 24.3 Å². The molecule has 1 unspecified atom stereocenters. The van der Waals surface area contributed by atoms with Gasteiger partial charge in [-0.15, -0.1) is 0 Å². The molecule has 1 saturated heterocycles. The molecule has 68 valence electrons. The van der Waals surface area contributed by atoms with Gasteiger partial charge < -0.3 is 13.5 Å². The fourth-order valence-electron chi connectivity index (χ4n) is 0.747. The highest BCUT2D eigenvalue weighted by atomic mass is 32.2. The summed E-state index contributed by atoms with van der Waals surface area (Å²) in [4.78, 5) is 21.4. The molecule has 0 saturated carbocycles. The molecule has 1 N–H and O–H groups in total. The molecule has 0 radical (unpaired) electrons. The maximum atomic E-state index is 10.7. The Labute approximate surface area is 73.4 Å². The fraction of sp³-hybridized carbons (Fsp3) is 0.667. The summed E-state index contributed by atoms with van der Waals surface area (Å²) in [6.45, 7) is 0. The van der Waals surface area contributed by atoms with E-state index in [2.05, 4.69) is 8.37 Å². The van der Waals surface area contributed by atoms with Gasteiger partial charge in [-0.05, 0) is 6.42 Å². The van der Waals surface area contributed by atoms with Crippen molar-refractivity contribution in [3.05, 3.63) is 0 Å². The van der Waals surface area contributed by atoms with E-state index in [1.54, 1.807) is 0 Å². The standard InChI is InChI=1S/C6H8O5S/c7-4-1-2-5(8)10-12-11-6(9)3-4/h4,7H,1-3H2. The maximum Gasteiger partial charge on any atom is 0.323 e. The van der Waals surface area contributed by atoms with E-state index < -0.39 is 18.0 Å². The largest absolute Gasteiger partial charge is 0.393 e. The number of hydrogen-bond donors (Lipinski definition) is 1. The van der Waals surface area contributed by atoms with Crippen LogP contribution in [0.3, 0.4) is 0 Å². The van der Waals surface area contributed by atoms with Crippen LogP contribution < -0.4 is 0 Å². The Bertz CT molecular complexity index is 192. The SMILES string of the molecule is O=C1CCC(O)CC(=O)OSO1. The lowest BCUT2D eigenvalue weighted by Crippen LogP contribution is -2.13. The van der Waals surface area contributed by atoms with Crippen LogP contribution in [0.2, 0.25) is 0 Å². The van der Waals surface area contributed by atoms with Crippen LogP contribution >= 0.6 is 12.3 Å². The first kappa shape index (κ1) is 9.34. The van der Waals surface area contributed by atoms with E-state index in [1.807, 2.05) is 0 Å². The summed E-state index contributed by atoms with van der Waals surface area (Å²) in [5.41, 5.74) is 0. The topological polar surface area (TPSA) is 72.8 Å². The molecule has 1 heterocycles. The van der Waals surface area contributed by atoms with Gasteiger partial charge in [0.05, 0.1) is 12.5 Å². The average molecular weight is 192 g/mol. The van der Waals surface area contributed by atoms with Crippen molar-refractivity contribution in [2.75, 3.05) is 0 Å². The van der Waals surface area contributed by atoms with Crippen LogP contribution in [0.25, 0.3) is 0 Å². The van der Waals surface area contributed by atoms with Crippen LogP contribution in [-0.4, -0.2) is 23.1 Å². The summed E-state index contributed by atoms with van der Waals surface area (Å²) >= 11 is 0.350. The fourth-order valence-corrected chi connectivity index (χ4v) is 1.08. The van der Waals surface area contributed by atoms with Gasteiger partial charge >= 0.3 is 11.9 Å². The van der Waals surface area contributed by atoms with Crippen molar-refractivity contribution in [2.45, 2.75) is 25.4 Å². The van der Waals surface area contributed by atoms with Crippen LogP contribution in [0.5, 0.6) is 0 Å². The Hall–Kier alpha value is -0.750. The summed E-state index contributed by atoms with van der Waals surface area (Å²) in [6, 6.07) is 0. The van der Waals surface area contributed by atoms with Crippen molar-refractivity contribution in [1.82, 2.24) is 0 Å². The molecule has 0 bridgehead atoms. The van der Waals surface area contributed by atoms with Gasteiger partial charge in [0.25, 0.3) is 12.3 Å². The second-order valence-corrected chi connectivity index (χ2v) is 2.84. The minimum Gasteiger partial charge on any atom is -0.393 e. The lowest BCUT2D eigenvalue weighted by Gasteiger charge is -2.03. The molecule has 0 aromatic rings. The highest BCUT2D eigenvalue weighted by molar-refractivity contribution is 7.90. The van der Waals surface area contributed by atoms with Gasteiger partial charge in [0, 0.05) is 6.42 Å². The van der Waals surface area contributed by atoms with Crippen LogP contribution in [0.15, 0.2) is 0 Å². The first-order chi connectivity index (χ1) is 5.68. The molecule has 0 amide bonds. The molecule has 0 aromatic heterocycles. The van der Waals surface area contributed by atoms with E-state index >= 15 is 0 Å². The summed E-state index contributed by atoms with van der Waals surface area (Å²) in [6.07, 6.45) is -0.577. The van der Waals surface area contributed by atoms with E-state index in [1.165, 1.54) is 0 Å². The van der Waals surface area contributed by atoms with Gasteiger partial charge in [0.2, 0.25) is 0 Å². The summed E-state index contributed by atoms with van der Waals surface area (Å²) in [5.74, 6) is -1.07. The number of aliphatic hydroxyl groups is 1. The molecule has 1 aliphatic rings. The summed E-state index contributed by atoms with van der Waals surface area (Å²) in [5, 5.41) is 9.11. The van der Waals surface area contributed by atoms with Gasteiger partial charge in [-0.1, -0.05) is 0 Å². The zero-order valence-corrected chi connectivity index (χ0v) is 7.00. The summed E-state index contributed by atoms with van der Waals surface area (Å²) in [7, 11) is 0. The maximum absolute atomic E-state index is 10.7. The normalized spacial score (nSPS) is 26.2. The van der Waals surface area contributed by atoms with Crippen LogP contribution in [-0.2, 0) is 18.0 Å². The minimum atomic E-state index is -0.816. The molecule has 1 aliphatic heterocycles. The predicted octanol–water partition coefficient (Wildman–Crippen LogP) is 0.181. The number of hydrogen-bond acceptors (Lipinski definition) is 6. The van der Waals surface area contributed by atoms with E-state index in [-0.39, 0.29) is 19.3 Å². The number of carbonyl (C=O) groups is 2. The first-order valence-electron chi connectivity index (χ1n) is 3.43. The van der Waals surface area contributed by atoms with Crippen molar-refractivity contribution in [3.63, 3.8) is 0 Å². The molecular formula is C6H8O5S. The Morgan fingerprint density at radius 2 is 2.00 bits per heavy atom. The number of carbonyl (C=O) groups excluding carboxylic acids is 2. The van der Waals surface area contributed by atoms with Crippen LogP contribution in [0, 0.1) is 0 Å². The van der Waals surface area contributed by atoms with Crippen molar-refractivity contribution < 1.29 is 23.1 Å². The van der Waals surface area contributed by atoms with Crippen LogP contribution in [0.4, 0.5) is 0 Å². The van der Waals surface area contributed by atoms with E-state index in [4.69, 9.17) is 5.11 Å². The lowest BCUT2D eigenvalue weighted by atomic mass is 10.1. The molecule has 0 aliphatic carbocycles. The highest BCUT2D eigenvalue weighted by Gasteiger charge is 2.18. The van der Waals surface area contributed by atoms with Gasteiger partial charge in [-0.25, -0.2) is 0 Å². The van der Waals surface area contributed by atoms with E-state index in [9.17, 15) is 9.59 Å². The van der Waals surface area contributed by atoms with E-state index in [0.717, 1.165) is 0 Å². The molecule has 0 spiro atoms.